The fourth-order valence-corrected chi connectivity index (χ4v) is 4.85. The van der Waals surface area contributed by atoms with Crippen molar-refractivity contribution in [2.75, 3.05) is 41.0 Å². The molecule has 0 saturated carbocycles. The monoisotopic (exact) mass is 444 g/mol. The fourth-order valence-electron chi connectivity index (χ4n) is 4.85. The number of piperidine rings is 1. The van der Waals surface area contributed by atoms with Gasteiger partial charge >= 0.3 is 0 Å². The van der Waals surface area contributed by atoms with Crippen molar-refractivity contribution in [2.24, 2.45) is 5.92 Å². The van der Waals surface area contributed by atoms with Crippen LogP contribution in [-0.4, -0.2) is 63.0 Å². The summed E-state index contributed by atoms with van der Waals surface area (Å²) >= 11 is 0. The molecular weight excluding hydrogens is 412 g/mol. The number of likely N-dealkylation sites (tertiary alicyclic amines) is 1. The summed E-state index contributed by atoms with van der Waals surface area (Å²) in [6, 6.07) is 5.87. The van der Waals surface area contributed by atoms with E-state index in [0.717, 1.165) is 42.9 Å². The lowest BCUT2D eigenvalue weighted by atomic mass is 9.83. The number of carbonyl (C=O) groups is 1. The number of hydrogen-bond acceptors (Lipinski definition) is 8. The van der Waals surface area contributed by atoms with E-state index in [1.807, 2.05) is 30.0 Å². The molecule has 3 unspecified atom stereocenters. The van der Waals surface area contributed by atoms with Crippen LogP contribution in [0.25, 0.3) is 0 Å². The van der Waals surface area contributed by atoms with E-state index in [0.29, 0.717) is 29.7 Å². The summed E-state index contributed by atoms with van der Waals surface area (Å²) in [5, 5.41) is 4.05. The van der Waals surface area contributed by atoms with E-state index in [-0.39, 0.29) is 24.3 Å². The zero-order chi connectivity index (χ0) is 22.7. The number of nitrogens with zero attached hydrogens (tertiary/aromatic N) is 2. The number of aryl methyl sites for hydroxylation is 1. The Morgan fingerprint density at radius 2 is 1.94 bits per heavy atom. The van der Waals surface area contributed by atoms with Crippen LogP contribution >= 0.6 is 0 Å². The molecule has 3 atom stereocenters. The molecule has 174 valence electrons. The predicted octanol–water partition coefficient (Wildman–Crippen LogP) is 2.05. The standard InChI is InChI=1S/C23H32N4O5/c1-14-8-18(32-26-14)17-12-24-25-22(17)16-6-5-7-27(13-16)21(28)11-15-9-19(29-2)23(31-4)20(10-15)30-3/h8-10,16-17,22,24-25H,5-7,11-13H2,1-4H3. The van der Waals surface area contributed by atoms with Gasteiger partial charge < -0.3 is 23.6 Å². The number of hydrogen-bond donors (Lipinski definition) is 2. The van der Waals surface area contributed by atoms with Crippen LogP contribution in [0.1, 0.15) is 35.8 Å². The SMILES string of the molecule is COc1cc(CC(=O)N2CCCC(C3NNCC3c3cc(C)no3)C2)cc(OC)c1OC. The van der Waals surface area contributed by atoms with Gasteiger partial charge in [0.2, 0.25) is 11.7 Å². The number of rotatable bonds is 7. The summed E-state index contributed by atoms with van der Waals surface area (Å²) in [4.78, 5) is 15.2. The van der Waals surface area contributed by atoms with Crippen molar-refractivity contribution in [1.82, 2.24) is 20.9 Å². The van der Waals surface area contributed by atoms with Gasteiger partial charge in [0, 0.05) is 31.7 Å². The van der Waals surface area contributed by atoms with Crippen LogP contribution in [0.5, 0.6) is 17.2 Å². The Labute approximate surface area is 188 Å². The number of hydrazine groups is 1. The molecule has 32 heavy (non-hydrogen) atoms. The van der Waals surface area contributed by atoms with Gasteiger partial charge in [0.25, 0.3) is 0 Å². The van der Waals surface area contributed by atoms with E-state index < -0.39 is 0 Å². The smallest absolute Gasteiger partial charge is 0.227 e. The molecule has 0 spiro atoms. The van der Waals surface area contributed by atoms with Crippen LogP contribution < -0.4 is 25.1 Å². The van der Waals surface area contributed by atoms with Crippen LogP contribution in [0.2, 0.25) is 0 Å². The molecule has 2 saturated heterocycles. The molecule has 2 fully saturated rings. The molecule has 9 heteroatoms. The second-order valence-corrected chi connectivity index (χ2v) is 8.48. The third-order valence-corrected chi connectivity index (χ3v) is 6.43. The Morgan fingerprint density at radius 3 is 2.56 bits per heavy atom. The second kappa shape index (κ2) is 9.79. The van der Waals surface area contributed by atoms with Crippen molar-refractivity contribution in [2.45, 2.75) is 38.1 Å². The van der Waals surface area contributed by atoms with Gasteiger partial charge in [0.1, 0.15) is 5.76 Å². The Kier molecular flexibility index (Phi) is 6.86. The van der Waals surface area contributed by atoms with E-state index in [4.69, 9.17) is 18.7 Å². The maximum absolute atomic E-state index is 13.2. The molecule has 4 rings (SSSR count). The van der Waals surface area contributed by atoms with Gasteiger partial charge in [0.15, 0.2) is 11.5 Å². The Balaban J connectivity index is 1.45. The first kappa shape index (κ1) is 22.4. The van der Waals surface area contributed by atoms with E-state index >= 15 is 0 Å². The number of benzene rings is 1. The highest BCUT2D eigenvalue weighted by atomic mass is 16.5. The molecule has 0 bridgehead atoms. The number of nitrogens with one attached hydrogen (secondary N) is 2. The summed E-state index contributed by atoms with van der Waals surface area (Å²) < 4.78 is 21.8. The Bertz CT molecular complexity index is 921. The fraction of sp³-hybridized carbons (Fsp3) is 0.565. The van der Waals surface area contributed by atoms with E-state index in [1.54, 1.807) is 21.3 Å². The summed E-state index contributed by atoms with van der Waals surface area (Å²) in [6.45, 7) is 4.20. The first-order chi connectivity index (χ1) is 15.5. The number of aromatic nitrogens is 1. The molecule has 3 heterocycles. The number of ether oxygens (including phenoxy) is 3. The van der Waals surface area contributed by atoms with Gasteiger partial charge in [-0.15, -0.1) is 0 Å². The molecule has 2 aromatic rings. The lowest BCUT2D eigenvalue weighted by Gasteiger charge is -2.37. The molecule has 2 aliphatic heterocycles. The summed E-state index contributed by atoms with van der Waals surface area (Å²) in [5.41, 5.74) is 8.40. The molecule has 0 radical (unpaired) electrons. The maximum atomic E-state index is 13.2. The van der Waals surface area contributed by atoms with Crippen LogP contribution in [-0.2, 0) is 11.2 Å². The van der Waals surface area contributed by atoms with E-state index in [2.05, 4.69) is 16.0 Å². The minimum atomic E-state index is 0.0991. The van der Waals surface area contributed by atoms with Gasteiger partial charge in [0.05, 0.1) is 39.4 Å². The van der Waals surface area contributed by atoms with Crippen LogP contribution in [0.3, 0.4) is 0 Å². The van der Waals surface area contributed by atoms with Crippen LogP contribution in [0, 0.1) is 12.8 Å². The van der Waals surface area contributed by atoms with Crippen LogP contribution in [0.4, 0.5) is 0 Å². The van der Waals surface area contributed by atoms with Crippen molar-refractivity contribution in [1.29, 1.82) is 0 Å². The topological polar surface area (TPSA) is 98.1 Å². The average Bonchev–Trinajstić information content (AvgIpc) is 3.47. The molecule has 1 aromatic heterocycles. The third-order valence-electron chi connectivity index (χ3n) is 6.43. The molecule has 0 aliphatic carbocycles. The van der Waals surface area contributed by atoms with E-state index in [1.165, 1.54) is 0 Å². The normalized spacial score (nSPS) is 23.2. The van der Waals surface area contributed by atoms with Crippen molar-refractivity contribution in [3.05, 3.63) is 35.2 Å². The first-order valence-electron chi connectivity index (χ1n) is 11.0. The molecular formula is C23H32N4O5. The lowest BCUT2D eigenvalue weighted by Crippen LogP contribution is -2.48. The number of methoxy groups -OCH3 is 3. The van der Waals surface area contributed by atoms with Crippen molar-refractivity contribution in [3.63, 3.8) is 0 Å². The van der Waals surface area contributed by atoms with Crippen molar-refractivity contribution < 1.29 is 23.5 Å². The highest BCUT2D eigenvalue weighted by Gasteiger charge is 2.39. The van der Waals surface area contributed by atoms with Gasteiger partial charge in [-0.1, -0.05) is 5.16 Å². The highest BCUT2D eigenvalue weighted by molar-refractivity contribution is 5.79. The molecule has 1 amide bonds. The lowest BCUT2D eigenvalue weighted by molar-refractivity contribution is -0.132. The number of amides is 1. The van der Waals surface area contributed by atoms with Gasteiger partial charge in [-0.3, -0.25) is 15.6 Å². The largest absolute Gasteiger partial charge is 0.493 e. The summed E-state index contributed by atoms with van der Waals surface area (Å²) in [7, 11) is 4.72. The average molecular weight is 445 g/mol. The Hall–Kier alpha value is -2.78. The van der Waals surface area contributed by atoms with Crippen LogP contribution in [0.15, 0.2) is 22.7 Å². The molecule has 2 N–H and O–H groups in total. The number of carbonyl (C=O) groups excluding carboxylic acids is 1. The molecule has 2 aliphatic rings. The maximum Gasteiger partial charge on any atom is 0.227 e. The second-order valence-electron chi connectivity index (χ2n) is 8.48. The minimum Gasteiger partial charge on any atom is -0.493 e. The van der Waals surface area contributed by atoms with Crippen molar-refractivity contribution >= 4 is 5.91 Å². The molecule has 9 nitrogen and oxygen atoms in total. The molecule has 1 aromatic carbocycles. The van der Waals surface area contributed by atoms with Gasteiger partial charge in [-0.25, -0.2) is 0 Å². The minimum absolute atomic E-state index is 0.0991. The van der Waals surface area contributed by atoms with E-state index in [9.17, 15) is 4.79 Å². The zero-order valence-corrected chi connectivity index (χ0v) is 19.1. The highest BCUT2D eigenvalue weighted by Crippen LogP contribution is 2.38. The third kappa shape index (κ3) is 4.54. The first-order valence-corrected chi connectivity index (χ1v) is 11.0. The van der Waals surface area contributed by atoms with Gasteiger partial charge in [-0.05, 0) is 43.4 Å². The summed E-state index contributed by atoms with van der Waals surface area (Å²) in [6.07, 6.45) is 2.33. The quantitative estimate of drug-likeness (QED) is 0.670. The summed E-state index contributed by atoms with van der Waals surface area (Å²) in [5.74, 6) is 3.16. The van der Waals surface area contributed by atoms with Gasteiger partial charge in [-0.2, -0.15) is 0 Å². The van der Waals surface area contributed by atoms with Crippen molar-refractivity contribution in [3.8, 4) is 17.2 Å². The predicted molar refractivity (Wildman–Crippen MR) is 118 cm³/mol. The zero-order valence-electron chi connectivity index (χ0n) is 19.1. The Morgan fingerprint density at radius 1 is 1.19 bits per heavy atom.